The topological polar surface area (TPSA) is 81.1 Å². The minimum atomic E-state index is -0.251. The number of nitrogens with zero attached hydrogens (tertiary/aromatic N) is 3. The van der Waals surface area contributed by atoms with E-state index in [1.807, 2.05) is 55.1 Å². The monoisotopic (exact) mass is 365 g/mol. The van der Waals surface area contributed by atoms with Gasteiger partial charge in [-0.25, -0.2) is 9.78 Å². The molecule has 2 heterocycles. The first kappa shape index (κ1) is 18.4. The van der Waals surface area contributed by atoms with Crippen molar-refractivity contribution in [3.8, 4) is 11.6 Å². The molecule has 0 unspecified atom stereocenters. The third-order valence-electron chi connectivity index (χ3n) is 3.96. The van der Waals surface area contributed by atoms with E-state index in [0.717, 1.165) is 24.1 Å². The predicted molar refractivity (Wildman–Crippen MR) is 104 cm³/mol. The van der Waals surface area contributed by atoms with Crippen LogP contribution in [0.4, 0.5) is 10.5 Å². The maximum atomic E-state index is 12.1. The lowest BCUT2D eigenvalue weighted by Gasteiger charge is -2.12. The van der Waals surface area contributed by atoms with Gasteiger partial charge < -0.3 is 15.4 Å². The number of carbonyl (C=O) groups is 1. The van der Waals surface area contributed by atoms with Crippen LogP contribution in [0.25, 0.3) is 0 Å². The van der Waals surface area contributed by atoms with Crippen LogP contribution in [0.2, 0.25) is 0 Å². The van der Waals surface area contributed by atoms with Crippen molar-refractivity contribution < 1.29 is 9.53 Å². The summed E-state index contributed by atoms with van der Waals surface area (Å²) in [5.41, 5.74) is 2.69. The lowest BCUT2D eigenvalue weighted by atomic mass is 10.2. The number of aromatic nitrogens is 3. The zero-order valence-corrected chi connectivity index (χ0v) is 15.5. The lowest BCUT2D eigenvalue weighted by molar-refractivity contribution is 0.251. The molecule has 7 heteroatoms. The summed E-state index contributed by atoms with van der Waals surface area (Å²) in [6.45, 7) is 5.26. The maximum absolute atomic E-state index is 12.1. The molecule has 7 nitrogen and oxygen atoms in total. The van der Waals surface area contributed by atoms with Crippen LogP contribution in [0.5, 0.6) is 11.6 Å². The van der Waals surface area contributed by atoms with Gasteiger partial charge in [0.05, 0.1) is 0 Å². The number of urea groups is 1. The molecule has 1 aromatic carbocycles. The highest BCUT2D eigenvalue weighted by Gasteiger charge is 2.07. The number of amides is 2. The van der Waals surface area contributed by atoms with Gasteiger partial charge in [0, 0.05) is 49.5 Å². The molecule has 3 aromatic rings. The molecule has 0 saturated carbocycles. The van der Waals surface area contributed by atoms with E-state index in [-0.39, 0.29) is 6.03 Å². The Morgan fingerprint density at radius 1 is 1.19 bits per heavy atom. The third-order valence-corrected chi connectivity index (χ3v) is 3.96. The van der Waals surface area contributed by atoms with E-state index in [2.05, 4.69) is 20.7 Å². The van der Waals surface area contributed by atoms with Gasteiger partial charge in [-0.05, 0) is 49.6 Å². The Balaban J connectivity index is 1.52. The van der Waals surface area contributed by atoms with E-state index < -0.39 is 0 Å². The van der Waals surface area contributed by atoms with Crippen LogP contribution in [0.3, 0.4) is 0 Å². The van der Waals surface area contributed by atoms with E-state index >= 15 is 0 Å². The number of ether oxygens (including phenoxy) is 1. The Kier molecular flexibility index (Phi) is 6.04. The minimum absolute atomic E-state index is 0.251. The zero-order chi connectivity index (χ0) is 19.1. The van der Waals surface area contributed by atoms with Gasteiger partial charge in [-0.1, -0.05) is 6.07 Å². The summed E-state index contributed by atoms with van der Waals surface area (Å²) in [5.74, 6) is 1.18. The number of rotatable bonds is 7. The molecule has 0 aliphatic heterocycles. The van der Waals surface area contributed by atoms with E-state index in [4.69, 9.17) is 4.74 Å². The van der Waals surface area contributed by atoms with E-state index in [0.29, 0.717) is 23.9 Å². The second-order valence-electron chi connectivity index (χ2n) is 6.26. The van der Waals surface area contributed by atoms with Crippen molar-refractivity contribution in [1.29, 1.82) is 0 Å². The second kappa shape index (κ2) is 8.84. The molecule has 0 atom stereocenters. The molecular weight excluding hydrogens is 342 g/mol. The van der Waals surface area contributed by atoms with Gasteiger partial charge in [-0.2, -0.15) is 5.10 Å². The van der Waals surface area contributed by atoms with Gasteiger partial charge in [0.1, 0.15) is 5.75 Å². The number of nitrogens with one attached hydrogen (secondary N) is 2. The number of hydrogen-bond donors (Lipinski definition) is 2. The number of benzene rings is 1. The average Bonchev–Trinajstić information content (AvgIpc) is 3.15. The second-order valence-corrected chi connectivity index (χ2v) is 6.26. The predicted octanol–water partition coefficient (Wildman–Crippen LogP) is 3.90. The first-order valence-corrected chi connectivity index (χ1v) is 8.83. The van der Waals surface area contributed by atoms with Crippen molar-refractivity contribution in [2.75, 3.05) is 11.9 Å². The molecule has 2 aromatic heterocycles. The smallest absolute Gasteiger partial charge is 0.319 e. The molecule has 0 spiro atoms. The van der Waals surface area contributed by atoms with Crippen LogP contribution in [0.15, 0.2) is 55.0 Å². The first-order valence-electron chi connectivity index (χ1n) is 8.83. The van der Waals surface area contributed by atoms with Crippen LogP contribution in [-0.2, 0) is 6.54 Å². The Morgan fingerprint density at radius 3 is 2.85 bits per heavy atom. The van der Waals surface area contributed by atoms with Gasteiger partial charge >= 0.3 is 6.03 Å². The summed E-state index contributed by atoms with van der Waals surface area (Å²) < 4.78 is 7.70. The van der Waals surface area contributed by atoms with Gasteiger partial charge in [-0.15, -0.1) is 0 Å². The first-order chi connectivity index (χ1) is 13.1. The van der Waals surface area contributed by atoms with Gasteiger partial charge in [-0.3, -0.25) is 4.68 Å². The van der Waals surface area contributed by atoms with Crippen molar-refractivity contribution in [1.82, 2.24) is 20.1 Å². The molecule has 0 aliphatic rings. The molecular formula is C20H23N5O2. The van der Waals surface area contributed by atoms with Gasteiger partial charge in [0.2, 0.25) is 5.88 Å². The highest BCUT2D eigenvalue weighted by molar-refractivity contribution is 5.89. The quantitative estimate of drug-likeness (QED) is 0.622. The largest absolute Gasteiger partial charge is 0.439 e. The average molecular weight is 365 g/mol. The van der Waals surface area contributed by atoms with Crippen LogP contribution in [0, 0.1) is 13.8 Å². The highest BCUT2D eigenvalue weighted by atomic mass is 16.5. The van der Waals surface area contributed by atoms with E-state index in [1.165, 1.54) is 0 Å². The number of hydrogen-bond acceptors (Lipinski definition) is 4. The SMILES string of the molecule is Cc1ccnc(Oc2cc(NC(=O)NCCCn3cccn3)ccc2C)c1. The van der Waals surface area contributed by atoms with Crippen LogP contribution >= 0.6 is 0 Å². The molecule has 0 saturated heterocycles. The van der Waals surface area contributed by atoms with Crippen LogP contribution < -0.4 is 15.4 Å². The number of pyridine rings is 1. The number of carbonyl (C=O) groups excluding carboxylic acids is 1. The van der Waals surface area contributed by atoms with E-state index in [1.54, 1.807) is 18.5 Å². The third kappa shape index (κ3) is 5.57. The van der Waals surface area contributed by atoms with Crippen molar-refractivity contribution >= 4 is 11.7 Å². The standard InChI is InChI=1S/C20H23N5O2/c1-15-7-10-21-19(13-15)27-18-14-17(6-5-16(18)2)24-20(26)22-8-3-11-25-12-4-9-23-25/h4-7,9-10,12-14H,3,8,11H2,1-2H3,(H2,22,24,26). The summed E-state index contributed by atoms with van der Waals surface area (Å²) in [4.78, 5) is 16.3. The highest BCUT2D eigenvalue weighted by Crippen LogP contribution is 2.27. The normalized spacial score (nSPS) is 10.4. The number of aryl methyl sites for hydroxylation is 3. The van der Waals surface area contributed by atoms with Crippen LogP contribution in [-0.4, -0.2) is 27.3 Å². The Morgan fingerprint density at radius 2 is 2.07 bits per heavy atom. The molecule has 3 rings (SSSR count). The molecule has 0 aliphatic carbocycles. The van der Waals surface area contributed by atoms with E-state index in [9.17, 15) is 4.79 Å². The molecule has 0 radical (unpaired) electrons. The Hall–Kier alpha value is -3.35. The summed E-state index contributed by atoms with van der Waals surface area (Å²) in [6, 6.07) is 10.9. The summed E-state index contributed by atoms with van der Waals surface area (Å²) in [7, 11) is 0. The minimum Gasteiger partial charge on any atom is -0.439 e. The molecule has 0 bridgehead atoms. The van der Waals surface area contributed by atoms with Crippen molar-refractivity contribution in [3.63, 3.8) is 0 Å². The van der Waals surface area contributed by atoms with Crippen LogP contribution in [0.1, 0.15) is 17.5 Å². The Bertz CT molecular complexity index is 893. The molecule has 140 valence electrons. The lowest BCUT2D eigenvalue weighted by Crippen LogP contribution is -2.30. The summed E-state index contributed by atoms with van der Waals surface area (Å²) in [6.07, 6.45) is 6.15. The maximum Gasteiger partial charge on any atom is 0.319 e. The van der Waals surface area contributed by atoms with Crippen molar-refractivity contribution in [3.05, 3.63) is 66.1 Å². The fraction of sp³-hybridized carbons (Fsp3) is 0.250. The number of anilines is 1. The molecule has 2 N–H and O–H groups in total. The van der Waals surface area contributed by atoms with Gasteiger partial charge in [0.15, 0.2) is 0 Å². The molecule has 2 amide bonds. The fourth-order valence-electron chi connectivity index (χ4n) is 2.52. The van der Waals surface area contributed by atoms with Gasteiger partial charge in [0.25, 0.3) is 0 Å². The zero-order valence-electron chi connectivity index (χ0n) is 15.5. The molecule has 0 fully saturated rings. The van der Waals surface area contributed by atoms with Crippen molar-refractivity contribution in [2.45, 2.75) is 26.8 Å². The van der Waals surface area contributed by atoms with Crippen molar-refractivity contribution in [2.24, 2.45) is 0 Å². The Labute approximate surface area is 158 Å². The summed E-state index contributed by atoms with van der Waals surface area (Å²) >= 11 is 0. The summed E-state index contributed by atoms with van der Waals surface area (Å²) in [5, 5.41) is 9.80. The molecule has 27 heavy (non-hydrogen) atoms. The fourth-order valence-corrected chi connectivity index (χ4v) is 2.52.